The van der Waals surface area contributed by atoms with Crippen molar-refractivity contribution in [2.24, 2.45) is 0 Å². The van der Waals surface area contributed by atoms with Gasteiger partial charge in [0.1, 0.15) is 17.6 Å². The van der Waals surface area contributed by atoms with E-state index in [1.807, 2.05) is 18.2 Å². The molecule has 0 saturated heterocycles. The van der Waals surface area contributed by atoms with Crippen molar-refractivity contribution in [1.29, 1.82) is 0 Å². The molecule has 0 amide bonds. The number of ether oxygens (including phenoxy) is 1. The van der Waals surface area contributed by atoms with Gasteiger partial charge in [-0.15, -0.1) is 0 Å². The average Bonchev–Trinajstić information content (AvgIpc) is 2.53. The summed E-state index contributed by atoms with van der Waals surface area (Å²) in [6, 6.07) is 11.9. The zero-order chi connectivity index (χ0) is 16.4. The smallest absolute Gasteiger partial charge is 0.341 e. The van der Waals surface area contributed by atoms with Gasteiger partial charge in [0.15, 0.2) is 6.61 Å². The Balaban J connectivity index is 2.12. The van der Waals surface area contributed by atoms with E-state index in [4.69, 9.17) is 25.9 Å². The van der Waals surface area contributed by atoms with Crippen molar-refractivity contribution in [2.45, 2.75) is 0 Å². The van der Waals surface area contributed by atoms with Crippen LogP contribution in [0, 0.1) is 0 Å². The normalized spacial score (nSPS) is 10.7. The highest BCUT2D eigenvalue weighted by Crippen LogP contribution is 2.29. The van der Waals surface area contributed by atoms with Gasteiger partial charge in [0, 0.05) is 6.07 Å². The fourth-order valence-electron chi connectivity index (χ4n) is 2.23. The van der Waals surface area contributed by atoms with Gasteiger partial charge in [-0.2, -0.15) is 0 Å². The zero-order valence-corrected chi connectivity index (χ0v) is 12.5. The van der Waals surface area contributed by atoms with E-state index in [0.717, 1.165) is 5.56 Å². The minimum Gasteiger partial charge on any atom is -0.482 e. The Kier molecular flexibility index (Phi) is 4.04. The van der Waals surface area contributed by atoms with Crippen molar-refractivity contribution in [2.75, 3.05) is 6.61 Å². The van der Waals surface area contributed by atoms with Gasteiger partial charge in [-0.3, -0.25) is 4.79 Å². The number of carboxylic acids is 1. The van der Waals surface area contributed by atoms with Gasteiger partial charge in [0.05, 0.1) is 16.0 Å². The van der Waals surface area contributed by atoms with Crippen molar-refractivity contribution in [3.05, 3.63) is 64.0 Å². The van der Waals surface area contributed by atoms with Gasteiger partial charge < -0.3 is 14.3 Å². The standard InChI is InChI=1S/C17H11ClO5/c18-13-6-11(22-9-15(19)20)7-14-16(13)17(21)12(8-23-14)10-4-2-1-3-5-10/h1-8H,9H2,(H,19,20). The molecular weight excluding hydrogens is 320 g/mol. The van der Waals surface area contributed by atoms with Crippen LogP contribution in [0.4, 0.5) is 0 Å². The lowest BCUT2D eigenvalue weighted by atomic mass is 10.1. The van der Waals surface area contributed by atoms with E-state index in [2.05, 4.69) is 0 Å². The molecule has 1 heterocycles. The van der Waals surface area contributed by atoms with Gasteiger partial charge in [-0.25, -0.2) is 4.79 Å². The number of hydrogen-bond donors (Lipinski definition) is 1. The van der Waals surface area contributed by atoms with E-state index in [-0.39, 0.29) is 27.2 Å². The molecule has 0 unspecified atom stereocenters. The Hall–Kier alpha value is -2.79. The number of halogens is 1. The Morgan fingerprint density at radius 3 is 2.65 bits per heavy atom. The van der Waals surface area contributed by atoms with Crippen molar-refractivity contribution in [1.82, 2.24) is 0 Å². The highest BCUT2D eigenvalue weighted by atomic mass is 35.5. The molecule has 0 bridgehead atoms. The van der Waals surface area contributed by atoms with Crippen LogP contribution in [0.25, 0.3) is 22.1 Å². The second-order valence-electron chi connectivity index (χ2n) is 4.81. The molecule has 1 aromatic heterocycles. The van der Waals surface area contributed by atoms with Crippen LogP contribution in [0.3, 0.4) is 0 Å². The van der Waals surface area contributed by atoms with E-state index in [1.54, 1.807) is 12.1 Å². The first-order chi connectivity index (χ1) is 11.1. The lowest BCUT2D eigenvalue weighted by Gasteiger charge is -2.07. The molecule has 0 fully saturated rings. The summed E-state index contributed by atoms with van der Waals surface area (Å²) in [7, 11) is 0. The maximum Gasteiger partial charge on any atom is 0.341 e. The Labute approximate surface area is 135 Å². The molecule has 2 aromatic carbocycles. The first kappa shape index (κ1) is 15.1. The number of fused-ring (bicyclic) bond motifs is 1. The van der Waals surface area contributed by atoms with Crippen LogP contribution in [-0.4, -0.2) is 17.7 Å². The number of carbonyl (C=O) groups is 1. The first-order valence-corrected chi connectivity index (χ1v) is 7.09. The third-order valence-corrected chi connectivity index (χ3v) is 3.55. The maximum atomic E-state index is 12.6. The highest BCUT2D eigenvalue weighted by Gasteiger charge is 2.14. The summed E-state index contributed by atoms with van der Waals surface area (Å²) in [5.41, 5.74) is 1.11. The van der Waals surface area contributed by atoms with E-state index < -0.39 is 12.6 Å². The molecule has 0 saturated carbocycles. The third kappa shape index (κ3) is 3.05. The SMILES string of the molecule is O=C(O)COc1cc(Cl)c2c(=O)c(-c3ccccc3)coc2c1. The van der Waals surface area contributed by atoms with Gasteiger partial charge in [0.25, 0.3) is 0 Å². The quantitative estimate of drug-likeness (QED) is 0.791. The second-order valence-corrected chi connectivity index (χ2v) is 5.21. The molecule has 23 heavy (non-hydrogen) atoms. The number of benzene rings is 2. The third-order valence-electron chi connectivity index (χ3n) is 3.25. The fourth-order valence-corrected chi connectivity index (χ4v) is 2.51. The predicted octanol–water partition coefficient (Wildman–Crippen LogP) is 3.58. The van der Waals surface area contributed by atoms with Crippen LogP contribution < -0.4 is 10.2 Å². The summed E-state index contributed by atoms with van der Waals surface area (Å²) in [6.07, 6.45) is 1.36. The van der Waals surface area contributed by atoms with E-state index in [9.17, 15) is 9.59 Å². The Morgan fingerprint density at radius 2 is 1.96 bits per heavy atom. The predicted molar refractivity (Wildman–Crippen MR) is 86.1 cm³/mol. The average molecular weight is 331 g/mol. The van der Waals surface area contributed by atoms with Gasteiger partial charge in [0.2, 0.25) is 5.43 Å². The Bertz CT molecular complexity index is 931. The molecule has 3 aromatic rings. The van der Waals surface area contributed by atoms with Gasteiger partial charge in [-0.1, -0.05) is 41.9 Å². The lowest BCUT2D eigenvalue weighted by Crippen LogP contribution is -2.10. The molecule has 0 aliphatic rings. The van der Waals surface area contributed by atoms with E-state index >= 15 is 0 Å². The number of aliphatic carboxylic acids is 1. The maximum absolute atomic E-state index is 12.6. The van der Waals surface area contributed by atoms with Crippen LogP contribution in [0.15, 0.2) is 57.9 Å². The molecule has 6 heteroatoms. The topological polar surface area (TPSA) is 76.7 Å². The zero-order valence-electron chi connectivity index (χ0n) is 11.8. The molecule has 0 atom stereocenters. The van der Waals surface area contributed by atoms with Crippen LogP contribution in [-0.2, 0) is 4.79 Å². The van der Waals surface area contributed by atoms with Crippen LogP contribution in [0.2, 0.25) is 5.02 Å². The largest absolute Gasteiger partial charge is 0.482 e. The summed E-state index contributed by atoms with van der Waals surface area (Å²) in [6.45, 7) is -0.506. The Morgan fingerprint density at radius 1 is 1.22 bits per heavy atom. The minimum atomic E-state index is -1.11. The molecule has 0 radical (unpaired) electrons. The van der Waals surface area contributed by atoms with Gasteiger partial charge in [-0.05, 0) is 11.6 Å². The second kappa shape index (κ2) is 6.14. The minimum absolute atomic E-state index is 0.148. The number of hydrogen-bond acceptors (Lipinski definition) is 4. The highest BCUT2D eigenvalue weighted by molar-refractivity contribution is 6.35. The van der Waals surface area contributed by atoms with E-state index in [1.165, 1.54) is 18.4 Å². The first-order valence-electron chi connectivity index (χ1n) is 6.71. The van der Waals surface area contributed by atoms with Crippen molar-refractivity contribution in [3.8, 4) is 16.9 Å². The van der Waals surface area contributed by atoms with Crippen LogP contribution in [0.1, 0.15) is 0 Å². The van der Waals surface area contributed by atoms with Crippen LogP contribution >= 0.6 is 11.6 Å². The van der Waals surface area contributed by atoms with Crippen molar-refractivity contribution < 1.29 is 19.1 Å². The molecule has 3 rings (SSSR count). The molecule has 0 aliphatic carbocycles. The molecule has 0 aliphatic heterocycles. The van der Waals surface area contributed by atoms with Crippen molar-refractivity contribution >= 4 is 28.5 Å². The van der Waals surface area contributed by atoms with E-state index in [0.29, 0.717) is 5.56 Å². The molecule has 116 valence electrons. The molecule has 1 N–H and O–H groups in total. The number of rotatable bonds is 4. The fraction of sp³-hybridized carbons (Fsp3) is 0.0588. The summed E-state index contributed by atoms with van der Waals surface area (Å²) in [5.74, 6) is -0.886. The molecule has 5 nitrogen and oxygen atoms in total. The van der Waals surface area contributed by atoms with Gasteiger partial charge >= 0.3 is 5.97 Å². The summed E-state index contributed by atoms with van der Waals surface area (Å²) >= 11 is 6.15. The number of carboxylic acid groups (broad SMARTS) is 1. The van der Waals surface area contributed by atoms with Crippen molar-refractivity contribution in [3.63, 3.8) is 0 Å². The summed E-state index contributed by atoms with van der Waals surface area (Å²) in [4.78, 5) is 23.2. The monoisotopic (exact) mass is 330 g/mol. The molecular formula is C17H11ClO5. The van der Waals surface area contributed by atoms with Crippen LogP contribution in [0.5, 0.6) is 5.75 Å². The summed E-state index contributed by atoms with van der Waals surface area (Å²) in [5, 5.41) is 9.01. The molecule has 0 spiro atoms. The lowest BCUT2D eigenvalue weighted by molar-refractivity contribution is -0.139. The summed E-state index contributed by atoms with van der Waals surface area (Å²) < 4.78 is 10.6.